The zero-order chi connectivity index (χ0) is 14.0. The highest BCUT2D eigenvalue weighted by atomic mass is 79.9. The van der Waals surface area contributed by atoms with Gasteiger partial charge in [-0.25, -0.2) is 0 Å². The lowest BCUT2D eigenvalue weighted by atomic mass is 10.2. The van der Waals surface area contributed by atoms with Gasteiger partial charge in [-0.3, -0.25) is 4.79 Å². The van der Waals surface area contributed by atoms with Crippen molar-refractivity contribution in [1.29, 1.82) is 0 Å². The normalized spacial score (nSPS) is 10.7. The molecule has 0 saturated carbocycles. The predicted octanol–water partition coefficient (Wildman–Crippen LogP) is 6.55. The fourth-order valence-corrected chi connectivity index (χ4v) is 5.36. The monoisotopic (exact) mass is 458 g/mol. The van der Waals surface area contributed by atoms with Crippen LogP contribution in [0.4, 0.5) is 0 Å². The molecule has 1 heterocycles. The lowest BCUT2D eigenvalue weighted by Gasteiger charge is -2.02. The highest BCUT2D eigenvalue weighted by Gasteiger charge is 2.14. The number of hydrogen-bond acceptors (Lipinski definition) is 3. The maximum atomic E-state index is 12.1. The first-order valence-electron chi connectivity index (χ1n) is 5.03. The molecule has 0 saturated heterocycles. The third-order valence-corrected chi connectivity index (χ3v) is 6.29. The molecule has 0 amide bonds. The van der Waals surface area contributed by atoms with Crippen molar-refractivity contribution in [3.05, 3.63) is 47.4 Å². The molecule has 0 aliphatic heterocycles. The Kier molecular flexibility index (Phi) is 5.81. The molecule has 2 rings (SSSR count). The van der Waals surface area contributed by atoms with E-state index in [4.69, 9.17) is 23.2 Å². The average molecular weight is 461 g/mol. The van der Waals surface area contributed by atoms with E-state index in [1.165, 1.54) is 23.1 Å². The molecule has 0 radical (unpaired) electrons. The first-order valence-corrected chi connectivity index (χ1v) is 9.17. The largest absolute Gasteiger partial charge is 0.293 e. The number of carbonyl (C=O) groups is 1. The van der Waals surface area contributed by atoms with Crippen LogP contribution in [0.25, 0.3) is 0 Å². The van der Waals surface area contributed by atoms with Crippen LogP contribution in [0.3, 0.4) is 0 Å². The minimum Gasteiger partial charge on any atom is -0.293 e. The average Bonchev–Trinajstić information content (AvgIpc) is 2.70. The molecule has 100 valence electrons. The van der Waals surface area contributed by atoms with Crippen LogP contribution in [0.15, 0.2) is 36.7 Å². The Bertz CT molecular complexity index is 628. The van der Waals surface area contributed by atoms with Crippen LogP contribution in [0.5, 0.6) is 0 Å². The Labute approximate surface area is 145 Å². The van der Waals surface area contributed by atoms with Crippen LogP contribution >= 0.6 is 78.2 Å². The van der Waals surface area contributed by atoms with Gasteiger partial charge in [0.05, 0.1) is 23.4 Å². The number of thioether (sulfide) groups is 1. The van der Waals surface area contributed by atoms with Crippen molar-refractivity contribution in [2.24, 2.45) is 0 Å². The number of rotatable bonds is 4. The van der Waals surface area contributed by atoms with E-state index < -0.39 is 0 Å². The summed E-state index contributed by atoms with van der Waals surface area (Å²) >= 11 is 21.5. The predicted molar refractivity (Wildman–Crippen MR) is 91.2 cm³/mol. The van der Waals surface area contributed by atoms with Crippen molar-refractivity contribution in [2.45, 2.75) is 4.90 Å². The molecule has 0 aliphatic carbocycles. The first-order chi connectivity index (χ1) is 8.97. The third-order valence-electron chi connectivity index (χ3n) is 2.22. The summed E-state index contributed by atoms with van der Waals surface area (Å²) in [7, 11) is 0. The molecule has 1 aromatic heterocycles. The molecule has 0 aliphatic rings. The van der Waals surface area contributed by atoms with Crippen LogP contribution in [0.1, 0.15) is 10.4 Å². The van der Waals surface area contributed by atoms with Crippen molar-refractivity contribution in [2.75, 3.05) is 5.75 Å². The first kappa shape index (κ1) is 15.9. The lowest BCUT2D eigenvalue weighted by molar-refractivity contribution is 0.102. The summed E-state index contributed by atoms with van der Waals surface area (Å²) in [5, 5.41) is 1.01. The van der Waals surface area contributed by atoms with Crippen molar-refractivity contribution in [1.82, 2.24) is 0 Å². The van der Waals surface area contributed by atoms with Gasteiger partial charge < -0.3 is 0 Å². The standard InChI is InChI=1S/C12H6Br2Cl2OS2/c13-11-4-7(12(14)19-11)10(17)5-18-6-1-2-8(15)9(16)3-6/h1-4H,5H2. The highest BCUT2D eigenvalue weighted by Crippen LogP contribution is 2.34. The second kappa shape index (κ2) is 6.96. The molecular formula is C12H6Br2Cl2OS2. The van der Waals surface area contributed by atoms with Gasteiger partial charge in [-0.2, -0.15) is 0 Å². The second-order valence-electron chi connectivity index (χ2n) is 3.53. The van der Waals surface area contributed by atoms with Gasteiger partial charge in [0.15, 0.2) is 5.78 Å². The van der Waals surface area contributed by atoms with Crippen LogP contribution in [-0.4, -0.2) is 11.5 Å². The van der Waals surface area contributed by atoms with Crippen LogP contribution < -0.4 is 0 Å². The Morgan fingerprint density at radius 1 is 1.21 bits per heavy atom. The number of hydrogen-bond donors (Lipinski definition) is 0. The highest BCUT2D eigenvalue weighted by molar-refractivity contribution is 9.12. The summed E-state index contributed by atoms with van der Waals surface area (Å²) in [6, 6.07) is 7.17. The maximum Gasteiger partial charge on any atom is 0.175 e. The minimum atomic E-state index is 0.0740. The number of benzene rings is 1. The molecular weight excluding hydrogens is 455 g/mol. The quantitative estimate of drug-likeness (QED) is 0.380. The summed E-state index contributed by atoms with van der Waals surface area (Å²) in [6.07, 6.45) is 0. The molecule has 0 unspecified atom stereocenters. The number of thiophene rings is 1. The molecule has 0 atom stereocenters. The van der Waals surface area contributed by atoms with Gasteiger partial charge in [-0.15, -0.1) is 23.1 Å². The van der Waals surface area contributed by atoms with E-state index in [2.05, 4.69) is 31.9 Å². The van der Waals surface area contributed by atoms with Gasteiger partial charge in [0.2, 0.25) is 0 Å². The number of carbonyl (C=O) groups excluding carboxylic acids is 1. The van der Waals surface area contributed by atoms with E-state index in [9.17, 15) is 4.79 Å². The zero-order valence-corrected chi connectivity index (χ0v) is 15.6. The number of ketones is 1. The van der Waals surface area contributed by atoms with Gasteiger partial charge in [0.1, 0.15) is 0 Å². The zero-order valence-electron chi connectivity index (χ0n) is 9.25. The van der Waals surface area contributed by atoms with E-state index in [1.807, 2.05) is 12.1 Å². The fraction of sp³-hybridized carbons (Fsp3) is 0.0833. The molecule has 1 aromatic carbocycles. The summed E-state index contributed by atoms with van der Waals surface area (Å²) < 4.78 is 1.78. The van der Waals surface area contributed by atoms with E-state index in [1.54, 1.807) is 12.1 Å². The maximum absolute atomic E-state index is 12.1. The molecule has 2 aromatic rings. The lowest BCUT2D eigenvalue weighted by Crippen LogP contribution is -2.01. The SMILES string of the molecule is O=C(CSc1ccc(Cl)c(Cl)c1)c1cc(Br)sc1Br. The van der Waals surface area contributed by atoms with E-state index in [-0.39, 0.29) is 5.78 Å². The fourth-order valence-electron chi connectivity index (χ4n) is 1.32. The van der Waals surface area contributed by atoms with E-state index >= 15 is 0 Å². The molecule has 7 heteroatoms. The van der Waals surface area contributed by atoms with E-state index in [0.29, 0.717) is 21.4 Å². The third kappa shape index (κ3) is 4.22. The van der Waals surface area contributed by atoms with Gasteiger partial charge in [-0.05, 0) is 56.1 Å². The van der Waals surface area contributed by atoms with Crippen molar-refractivity contribution in [3.8, 4) is 0 Å². The minimum absolute atomic E-state index is 0.0740. The molecule has 0 fully saturated rings. The van der Waals surface area contributed by atoms with E-state index in [0.717, 1.165) is 12.5 Å². The number of Topliss-reactive ketones (excluding diaryl/α,β-unsaturated/α-hetero) is 1. The Hall–Kier alpha value is 0.480. The number of halogens is 4. The van der Waals surface area contributed by atoms with Gasteiger partial charge in [0, 0.05) is 10.5 Å². The summed E-state index contributed by atoms with van der Waals surface area (Å²) in [4.78, 5) is 13.0. The van der Waals surface area contributed by atoms with Crippen molar-refractivity contribution in [3.63, 3.8) is 0 Å². The molecule has 0 bridgehead atoms. The summed E-state index contributed by atoms with van der Waals surface area (Å²) in [5.41, 5.74) is 0.699. The van der Waals surface area contributed by atoms with Gasteiger partial charge >= 0.3 is 0 Å². The molecule has 1 nitrogen and oxygen atoms in total. The van der Waals surface area contributed by atoms with Crippen molar-refractivity contribution >= 4 is 83.9 Å². The van der Waals surface area contributed by atoms with Crippen LogP contribution in [0.2, 0.25) is 10.0 Å². The molecule has 0 N–H and O–H groups in total. The van der Waals surface area contributed by atoms with Crippen molar-refractivity contribution < 1.29 is 4.79 Å². The molecule has 0 spiro atoms. The van der Waals surface area contributed by atoms with Gasteiger partial charge in [-0.1, -0.05) is 23.2 Å². The Morgan fingerprint density at radius 2 is 1.95 bits per heavy atom. The topological polar surface area (TPSA) is 17.1 Å². The van der Waals surface area contributed by atoms with Crippen LogP contribution in [0, 0.1) is 0 Å². The summed E-state index contributed by atoms with van der Waals surface area (Å²) in [5.74, 6) is 0.435. The smallest absolute Gasteiger partial charge is 0.175 e. The summed E-state index contributed by atoms with van der Waals surface area (Å²) in [6.45, 7) is 0. The van der Waals surface area contributed by atoms with Gasteiger partial charge in [0.25, 0.3) is 0 Å². The second-order valence-corrected chi connectivity index (χ2v) is 9.14. The Morgan fingerprint density at radius 3 is 2.53 bits per heavy atom. The molecule has 19 heavy (non-hydrogen) atoms. The Balaban J connectivity index is 2.04. The van der Waals surface area contributed by atoms with Crippen LogP contribution in [-0.2, 0) is 0 Å².